The van der Waals surface area contributed by atoms with E-state index in [1.54, 1.807) is 0 Å². The maximum atomic E-state index is 11.3. The maximum absolute atomic E-state index is 11.3. The molecular formula is C12H18N2O4. The van der Waals surface area contributed by atoms with E-state index in [0.29, 0.717) is 0 Å². The second-order valence-corrected chi connectivity index (χ2v) is 3.88. The molecule has 0 radical (unpaired) electrons. The number of rotatable bonds is 5. The fourth-order valence-corrected chi connectivity index (χ4v) is 1.35. The van der Waals surface area contributed by atoms with Crippen molar-refractivity contribution in [1.29, 1.82) is 0 Å². The summed E-state index contributed by atoms with van der Waals surface area (Å²) in [6, 6.07) is 7.45. The molecule has 0 bridgehead atoms. The molecule has 0 spiro atoms. The minimum atomic E-state index is -1.07. The molecule has 6 N–H and O–H groups in total. The second-order valence-electron chi connectivity index (χ2n) is 3.88. The summed E-state index contributed by atoms with van der Waals surface area (Å²) in [5.41, 5.74) is 6.22. The highest BCUT2D eigenvalue weighted by atomic mass is 16.4. The van der Waals surface area contributed by atoms with E-state index >= 15 is 0 Å². The number of hydrogen-bond donors (Lipinski definition) is 3. The van der Waals surface area contributed by atoms with Crippen LogP contribution in [0.2, 0.25) is 0 Å². The first-order valence-corrected chi connectivity index (χ1v) is 5.33. The van der Waals surface area contributed by atoms with Crippen molar-refractivity contribution >= 4 is 11.9 Å². The number of aliphatic carboxylic acids is 1. The summed E-state index contributed by atoms with van der Waals surface area (Å²) in [4.78, 5) is 22.4. The van der Waals surface area contributed by atoms with Crippen LogP contribution in [0.1, 0.15) is 12.5 Å². The van der Waals surface area contributed by atoms with Gasteiger partial charge in [-0.25, -0.2) is 4.79 Å². The van der Waals surface area contributed by atoms with E-state index < -0.39 is 24.0 Å². The van der Waals surface area contributed by atoms with Gasteiger partial charge in [0, 0.05) is 6.42 Å². The van der Waals surface area contributed by atoms with E-state index in [4.69, 9.17) is 10.8 Å². The van der Waals surface area contributed by atoms with Crippen LogP contribution in [0, 0.1) is 0 Å². The summed E-state index contributed by atoms with van der Waals surface area (Å²) in [7, 11) is 0. The van der Waals surface area contributed by atoms with Gasteiger partial charge in [-0.15, -0.1) is 0 Å². The van der Waals surface area contributed by atoms with Crippen LogP contribution in [-0.4, -0.2) is 34.5 Å². The SMILES string of the molecule is C[C@@H](N)C(=O)N[C@H](Cc1ccccc1)C(=O)O.O. The van der Waals surface area contributed by atoms with Crippen LogP contribution in [-0.2, 0) is 16.0 Å². The highest BCUT2D eigenvalue weighted by Crippen LogP contribution is 2.03. The van der Waals surface area contributed by atoms with Crippen LogP contribution >= 0.6 is 0 Å². The molecule has 0 aliphatic carbocycles. The largest absolute Gasteiger partial charge is 0.480 e. The van der Waals surface area contributed by atoms with Crippen LogP contribution in [0.4, 0.5) is 0 Å². The molecule has 0 aliphatic heterocycles. The molecule has 1 aromatic carbocycles. The number of carbonyl (C=O) groups is 2. The Morgan fingerprint density at radius 3 is 2.33 bits per heavy atom. The van der Waals surface area contributed by atoms with Gasteiger partial charge in [0.15, 0.2) is 0 Å². The molecule has 0 saturated carbocycles. The van der Waals surface area contributed by atoms with Crippen molar-refractivity contribution < 1.29 is 20.2 Å². The molecule has 6 heteroatoms. The van der Waals surface area contributed by atoms with Crippen molar-refractivity contribution in [1.82, 2.24) is 5.32 Å². The molecular weight excluding hydrogens is 236 g/mol. The van der Waals surface area contributed by atoms with Crippen LogP contribution in [0.3, 0.4) is 0 Å². The number of nitrogens with two attached hydrogens (primary N) is 1. The van der Waals surface area contributed by atoms with Crippen molar-refractivity contribution in [2.75, 3.05) is 0 Å². The van der Waals surface area contributed by atoms with Crippen molar-refractivity contribution in [2.24, 2.45) is 5.73 Å². The van der Waals surface area contributed by atoms with Crippen LogP contribution < -0.4 is 11.1 Å². The van der Waals surface area contributed by atoms with E-state index in [0.717, 1.165) is 5.56 Å². The molecule has 0 saturated heterocycles. The minimum absolute atomic E-state index is 0. The number of benzene rings is 1. The Bertz CT molecular complexity index is 392. The van der Waals surface area contributed by atoms with E-state index in [-0.39, 0.29) is 11.9 Å². The van der Waals surface area contributed by atoms with Gasteiger partial charge in [-0.3, -0.25) is 4.79 Å². The molecule has 18 heavy (non-hydrogen) atoms. The van der Waals surface area contributed by atoms with Gasteiger partial charge in [-0.05, 0) is 12.5 Å². The van der Waals surface area contributed by atoms with E-state index in [1.807, 2.05) is 30.3 Å². The zero-order valence-electron chi connectivity index (χ0n) is 10.1. The van der Waals surface area contributed by atoms with Crippen molar-refractivity contribution in [2.45, 2.75) is 25.4 Å². The Morgan fingerprint density at radius 1 is 1.33 bits per heavy atom. The molecule has 1 rings (SSSR count). The lowest BCUT2D eigenvalue weighted by Gasteiger charge is -2.16. The van der Waals surface area contributed by atoms with Gasteiger partial charge < -0.3 is 21.6 Å². The predicted molar refractivity (Wildman–Crippen MR) is 67.0 cm³/mol. The number of hydrogen-bond acceptors (Lipinski definition) is 3. The van der Waals surface area contributed by atoms with Crippen LogP contribution in [0.25, 0.3) is 0 Å². The number of carbonyl (C=O) groups excluding carboxylic acids is 1. The molecule has 0 fully saturated rings. The average Bonchev–Trinajstić information content (AvgIpc) is 2.29. The Kier molecular flexibility index (Phi) is 6.62. The number of amides is 1. The Labute approximate surface area is 105 Å². The lowest BCUT2D eigenvalue weighted by Crippen LogP contribution is -2.48. The minimum Gasteiger partial charge on any atom is -0.480 e. The zero-order chi connectivity index (χ0) is 12.8. The first-order valence-electron chi connectivity index (χ1n) is 5.33. The molecule has 0 aliphatic rings. The third-order valence-corrected chi connectivity index (χ3v) is 2.31. The summed E-state index contributed by atoms with van der Waals surface area (Å²) in [5, 5.41) is 11.4. The van der Waals surface area contributed by atoms with E-state index in [2.05, 4.69) is 5.32 Å². The summed E-state index contributed by atoms with van der Waals surface area (Å²) in [6.45, 7) is 1.51. The third kappa shape index (κ3) is 4.94. The molecule has 1 aromatic rings. The van der Waals surface area contributed by atoms with E-state index in [1.165, 1.54) is 6.92 Å². The normalized spacial score (nSPS) is 13.0. The monoisotopic (exact) mass is 254 g/mol. The number of carboxylic acid groups (broad SMARTS) is 1. The van der Waals surface area contributed by atoms with Crippen molar-refractivity contribution in [3.63, 3.8) is 0 Å². The fourth-order valence-electron chi connectivity index (χ4n) is 1.35. The van der Waals surface area contributed by atoms with Gasteiger partial charge in [0.05, 0.1) is 6.04 Å². The average molecular weight is 254 g/mol. The lowest BCUT2D eigenvalue weighted by molar-refractivity contribution is -0.141. The van der Waals surface area contributed by atoms with Gasteiger partial charge >= 0.3 is 5.97 Å². The molecule has 100 valence electrons. The Balaban J connectivity index is 0.00000289. The predicted octanol–water partition coefficient (Wildman–Crippen LogP) is -0.679. The van der Waals surface area contributed by atoms with Crippen LogP contribution in [0.5, 0.6) is 0 Å². The first kappa shape index (κ1) is 16.1. The van der Waals surface area contributed by atoms with Crippen molar-refractivity contribution in [3.8, 4) is 0 Å². The second kappa shape index (κ2) is 7.41. The molecule has 0 unspecified atom stereocenters. The van der Waals surface area contributed by atoms with Crippen LogP contribution in [0.15, 0.2) is 30.3 Å². The number of carboxylic acids is 1. The molecule has 0 heterocycles. The van der Waals surface area contributed by atoms with Gasteiger partial charge in [0.2, 0.25) is 5.91 Å². The fraction of sp³-hybridized carbons (Fsp3) is 0.333. The molecule has 1 amide bonds. The Morgan fingerprint density at radius 2 is 1.89 bits per heavy atom. The number of nitrogens with one attached hydrogen (secondary N) is 1. The summed E-state index contributed by atoms with van der Waals surface area (Å²) < 4.78 is 0. The Hall–Kier alpha value is -1.92. The van der Waals surface area contributed by atoms with Gasteiger partial charge in [-0.2, -0.15) is 0 Å². The summed E-state index contributed by atoms with van der Waals surface area (Å²) in [6.07, 6.45) is 0.245. The standard InChI is InChI=1S/C12H16N2O3.H2O/c1-8(13)11(15)14-10(12(16)17)7-9-5-3-2-4-6-9;/h2-6,8,10H,7,13H2,1H3,(H,14,15)(H,16,17);1H2/t8-,10-;/m1./s1. The smallest absolute Gasteiger partial charge is 0.326 e. The molecule has 2 atom stereocenters. The molecule has 6 nitrogen and oxygen atoms in total. The lowest BCUT2D eigenvalue weighted by atomic mass is 10.1. The molecule has 0 aromatic heterocycles. The van der Waals surface area contributed by atoms with Gasteiger partial charge in [0.1, 0.15) is 6.04 Å². The highest BCUT2D eigenvalue weighted by molar-refractivity contribution is 5.86. The first-order chi connectivity index (χ1) is 8.00. The summed E-state index contributed by atoms with van der Waals surface area (Å²) >= 11 is 0. The van der Waals surface area contributed by atoms with Crippen molar-refractivity contribution in [3.05, 3.63) is 35.9 Å². The highest BCUT2D eigenvalue weighted by Gasteiger charge is 2.21. The quantitative estimate of drug-likeness (QED) is 0.644. The van der Waals surface area contributed by atoms with E-state index in [9.17, 15) is 9.59 Å². The summed E-state index contributed by atoms with van der Waals surface area (Å²) in [5.74, 6) is -1.53. The maximum Gasteiger partial charge on any atom is 0.326 e. The zero-order valence-corrected chi connectivity index (χ0v) is 10.1. The van der Waals surface area contributed by atoms with Gasteiger partial charge in [0.25, 0.3) is 0 Å². The van der Waals surface area contributed by atoms with Gasteiger partial charge in [-0.1, -0.05) is 30.3 Å². The third-order valence-electron chi connectivity index (χ3n) is 2.31. The topological polar surface area (TPSA) is 124 Å².